The summed E-state index contributed by atoms with van der Waals surface area (Å²) < 4.78 is 5.76. The van der Waals surface area contributed by atoms with E-state index in [9.17, 15) is 4.79 Å². The summed E-state index contributed by atoms with van der Waals surface area (Å²) in [4.78, 5) is 9.22. The maximum absolute atomic E-state index is 9.22. The number of carbonyl (C=O) groups is 1. The van der Waals surface area contributed by atoms with Gasteiger partial charge in [0.1, 0.15) is 0 Å². The van der Waals surface area contributed by atoms with Gasteiger partial charge in [0.2, 0.25) is 17.7 Å². The smallest absolute Gasteiger partial charge is 0.248 e. The van der Waals surface area contributed by atoms with Crippen molar-refractivity contribution in [2.45, 2.75) is 33.1 Å². The van der Waals surface area contributed by atoms with E-state index in [0.29, 0.717) is 11.8 Å². The molecular formula is C20H23N3O2. The number of hydrogen-bond acceptors (Lipinski definition) is 4. The van der Waals surface area contributed by atoms with Crippen LogP contribution in [0, 0.1) is 0 Å². The summed E-state index contributed by atoms with van der Waals surface area (Å²) in [6, 6.07) is 18.1. The predicted molar refractivity (Wildman–Crippen MR) is 98.7 cm³/mol. The molecule has 5 heteroatoms. The van der Waals surface area contributed by atoms with E-state index in [1.165, 1.54) is 12.5 Å². The van der Waals surface area contributed by atoms with Gasteiger partial charge >= 0.3 is 0 Å². The number of carbonyl (C=O) groups excluding carboxylic acids is 1. The molecule has 5 nitrogen and oxygen atoms in total. The Balaban J connectivity index is 0.000000511. The van der Waals surface area contributed by atoms with Crippen molar-refractivity contribution in [1.29, 1.82) is 0 Å². The molecule has 0 aliphatic rings. The van der Waals surface area contributed by atoms with E-state index in [-0.39, 0.29) is 11.3 Å². The van der Waals surface area contributed by atoms with Crippen LogP contribution in [0.25, 0.3) is 22.9 Å². The zero-order valence-corrected chi connectivity index (χ0v) is 15.0. The lowest BCUT2D eigenvalue weighted by Gasteiger charge is -2.18. The molecule has 1 aromatic heterocycles. The van der Waals surface area contributed by atoms with Crippen molar-refractivity contribution in [2.75, 3.05) is 0 Å². The van der Waals surface area contributed by atoms with E-state index < -0.39 is 0 Å². The lowest BCUT2D eigenvalue weighted by Crippen LogP contribution is -2.10. The van der Waals surface area contributed by atoms with E-state index >= 15 is 0 Å². The van der Waals surface area contributed by atoms with E-state index in [1.54, 1.807) is 0 Å². The summed E-state index contributed by atoms with van der Waals surface area (Å²) in [6.07, 6.45) is 0. The molecular weight excluding hydrogens is 314 g/mol. The fourth-order valence-electron chi connectivity index (χ4n) is 2.15. The number of nitrogens with zero attached hydrogens (tertiary/aromatic N) is 2. The molecule has 0 aliphatic heterocycles. The van der Waals surface area contributed by atoms with Crippen LogP contribution in [-0.2, 0) is 10.2 Å². The van der Waals surface area contributed by atoms with Gasteiger partial charge in [0.25, 0.3) is 0 Å². The van der Waals surface area contributed by atoms with E-state index in [1.807, 2.05) is 42.5 Å². The maximum Gasteiger partial charge on any atom is 0.248 e. The van der Waals surface area contributed by atoms with E-state index in [2.05, 4.69) is 48.8 Å². The molecule has 0 saturated carbocycles. The highest BCUT2D eigenvalue weighted by Crippen LogP contribution is 2.27. The molecule has 1 heterocycles. The van der Waals surface area contributed by atoms with Crippen molar-refractivity contribution < 1.29 is 9.21 Å². The Bertz CT molecular complexity index is 812. The quantitative estimate of drug-likeness (QED) is 0.760. The first-order valence-electron chi connectivity index (χ1n) is 8.03. The van der Waals surface area contributed by atoms with Gasteiger partial charge in [-0.05, 0) is 35.2 Å². The van der Waals surface area contributed by atoms with Gasteiger partial charge in [0.15, 0.2) is 0 Å². The Morgan fingerprint density at radius 2 is 1.32 bits per heavy atom. The van der Waals surface area contributed by atoms with Crippen molar-refractivity contribution >= 4 is 5.91 Å². The highest BCUT2D eigenvalue weighted by Gasteiger charge is 2.15. The third kappa shape index (κ3) is 5.28. The van der Waals surface area contributed by atoms with Crippen LogP contribution in [0.15, 0.2) is 59.0 Å². The van der Waals surface area contributed by atoms with Gasteiger partial charge in [-0.25, -0.2) is 0 Å². The number of primary amides is 1. The standard InChI is InChI=1S/C18H18N2O.C2H5NO/c1-18(2,3)15-11-9-14(10-12-15)17-20-19-16(21-17)13-7-5-4-6-8-13;1-2(3)4/h4-12H,1-3H3;1H3,(H2,3,4). The Morgan fingerprint density at radius 1 is 0.880 bits per heavy atom. The summed E-state index contributed by atoms with van der Waals surface area (Å²) in [5.41, 5.74) is 7.78. The lowest BCUT2D eigenvalue weighted by atomic mass is 9.87. The molecule has 0 unspecified atom stereocenters. The van der Waals surface area contributed by atoms with Crippen LogP contribution in [0.2, 0.25) is 0 Å². The van der Waals surface area contributed by atoms with E-state index in [0.717, 1.165) is 11.1 Å². The van der Waals surface area contributed by atoms with Crippen LogP contribution >= 0.6 is 0 Å². The molecule has 0 atom stereocenters. The second-order valence-corrected chi connectivity index (χ2v) is 6.72. The highest BCUT2D eigenvalue weighted by atomic mass is 16.4. The normalized spacial score (nSPS) is 10.7. The number of benzene rings is 2. The van der Waals surface area contributed by atoms with Gasteiger partial charge in [0.05, 0.1) is 0 Å². The van der Waals surface area contributed by atoms with Crippen LogP contribution in [-0.4, -0.2) is 16.1 Å². The minimum atomic E-state index is -0.333. The average molecular weight is 337 g/mol. The fourth-order valence-corrected chi connectivity index (χ4v) is 2.15. The highest BCUT2D eigenvalue weighted by molar-refractivity contribution is 5.70. The van der Waals surface area contributed by atoms with Gasteiger partial charge < -0.3 is 10.2 Å². The monoisotopic (exact) mass is 337 g/mol. The zero-order valence-electron chi connectivity index (χ0n) is 15.0. The van der Waals surface area contributed by atoms with Crippen LogP contribution < -0.4 is 5.73 Å². The van der Waals surface area contributed by atoms with Gasteiger partial charge in [0, 0.05) is 18.1 Å². The first-order chi connectivity index (χ1) is 11.8. The van der Waals surface area contributed by atoms with Crippen molar-refractivity contribution in [3.8, 4) is 22.9 Å². The summed E-state index contributed by atoms with van der Waals surface area (Å²) in [6.45, 7) is 7.90. The van der Waals surface area contributed by atoms with Crippen molar-refractivity contribution in [3.05, 3.63) is 60.2 Å². The molecule has 1 amide bonds. The first kappa shape index (κ1) is 18.4. The Morgan fingerprint density at radius 3 is 1.76 bits per heavy atom. The zero-order chi connectivity index (χ0) is 18.4. The van der Waals surface area contributed by atoms with Gasteiger partial charge in [-0.2, -0.15) is 0 Å². The molecule has 25 heavy (non-hydrogen) atoms. The number of hydrogen-bond donors (Lipinski definition) is 1. The second kappa shape index (κ2) is 7.75. The van der Waals surface area contributed by atoms with Crippen molar-refractivity contribution in [2.24, 2.45) is 5.73 Å². The number of nitrogens with two attached hydrogens (primary N) is 1. The summed E-state index contributed by atoms with van der Waals surface area (Å²) in [5.74, 6) is 0.764. The summed E-state index contributed by atoms with van der Waals surface area (Å²) >= 11 is 0. The van der Waals surface area contributed by atoms with Crippen LogP contribution in [0.4, 0.5) is 0 Å². The topological polar surface area (TPSA) is 82.0 Å². The Kier molecular flexibility index (Phi) is 5.70. The minimum Gasteiger partial charge on any atom is -0.416 e. The van der Waals surface area contributed by atoms with Crippen LogP contribution in [0.5, 0.6) is 0 Å². The molecule has 2 aromatic carbocycles. The van der Waals surface area contributed by atoms with E-state index in [4.69, 9.17) is 4.42 Å². The Labute approximate surface area is 147 Å². The average Bonchev–Trinajstić information content (AvgIpc) is 3.04. The summed E-state index contributed by atoms with van der Waals surface area (Å²) in [5, 5.41) is 8.26. The number of aromatic nitrogens is 2. The molecule has 0 aliphatic carbocycles. The molecule has 0 bridgehead atoms. The maximum atomic E-state index is 9.22. The lowest BCUT2D eigenvalue weighted by molar-refractivity contribution is -0.115. The molecule has 0 radical (unpaired) electrons. The second-order valence-electron chi connectivity index (χ2n) is 6.72. The van der Waals surface area contributed by atoms with Crippen LogP contribution in [0.1, 0.15) is 33.3 Å². The first-order valence-corrected chi connectivity index (χ1v) is 8.03. The molecule has 2 N–H and O–H groups in total. The third-order valence-corrected chi connectivity index (χ3v) is 3.44. The third-order valence-electron chi connectivity index (χ3n) is 3.44. The molecule has 130 valence electrons. The van der Waals surface area contributed by atoms with Gasteiger partial charge in [-0.15, -0.1) is 10.2 Å². The summed E-state index contributed by atoms with van der Waals surface area (Å²) in [7, 11) is 0. The number of amides is 1. The molecule has 0 spiro atoms. The molecule has 0 fully saturated rings. The molecule has 0 saturated heterocycles. The minimum absolute atomic E-state index is 0.141. The largest absolute Gasteiger partial charge is 0.416 e. The van der Waals surface area contributed by atoms with Gasteiger partial charge in [-0.1, -0.05) is 51.1 Å². The van der Waals surface area contributed by atoms with Crippen molar-refractivity contribution in [3.63, 3.8) is 0 Å². The Hall–Kier alpha value is -2.95. The van der Waals surface area contributed by atoms with Crippen LogP contribution in [0.3, 0.4) is 0 Å². The fraction of sp³-hybridized carbons (Fsp3) is 0.250. The molecule has 3 rings (SSSR count). The SMILES string of the molecule is CC(C)(C)c1ccc(-c2nnc(-c3ccccc3)o2)cc1.CC(N)=O. The molecule has 3 aromatic rings. The predicted octanol–water partition coefficient (Wildman–Crippen LogP) is 4.19. The number of rotatable bonds is 2. The van der Waals surface area contributed by atoms with Crippen molar-refractivity contribution in [1.82, 2.24) is 10.2 Å². The van der Waals surface area contributed by atoms with Gasteiger partial charge in [-0.3, -0.25) is 4.79 Å².